The van der Waals surface area contributed by atoms with E-state index < -0.39 is 5.41 Å². The predicted molar refractivity (Wildman–Crippen MR) is 78.5 cm³/mol. The molecule has 18 heavy (non-hydrogen) atoms. The number of amides is 1. The number of nitrogens with two attached hydrogens (primary N) is 1. The van der Waals surface area contributed by atoms with Gasteiger partial charge in [-0.15, -0.1) is 11.3 Å². The van der Waals surface area contributed by atoms with Crippen LogP contribution in [0.25, 0.3) is 0 Å². The minimum absolute atomic E-state index is 0.00287. The molecule has 1 heterocycles. The number of carbonyl (C=O) groups excluding carboxylic acids is 1. The summed E-state index contributed by atoms with van der Waals surface area (Å²) in [6, 6.07) is 4.00. The van der Waals surface area contributed by atoms with Gasteiger partial charge in [-0.05, 0) is 24.3 Å². The number of rotatable bonds is 4. The van der Waals surface area contributed by atoms with E-state index in [-0.39, 0.29) is 5.91 Å². The summed E-state index contributed by atoms with van der Waals surface area (Å²) in [5, 5.41) is 4.99. The van der Waals surface area contributed by atoms with Crippen molar-refractivity contribution >= 4 is 34.5 Å². The molecule has 3 nitrogen and oxygen atoms in total. The Morgan fingerprint density at radius 1 is 1.44 bits per heavy atom. The van der Waals surface area contributed by atoms with Gasteiger partial charge < -0.3 is 11.1 Å². The van der Waals surface area contributed by atoms with Crippen molar-refractivity contribution in [3.8, 4) is 0 Å². The standard InChI is InChI=1S/C13H18N2OS2/c14-11(17)13(6-2-1-3-7-13)12(16)15-9-10-5-4-8-18-10/h4-5,8H,1-3,6-7,9H2,(H2,14,17)(H,15,16). The van der Waals surface area contributed by atoms with E-state index in [1.807, 2.05) is 17.5 Å². The van der Waals surface area contributed by atoms with E-state index >= 15 is 0 Å². The van der Waals surface area contributed by atoms with E-state index in [1.54, 1.807) is 11.3 Å². The van der Waals surface area contributed by atoms with Gasteiger partial charge in [-0.2, -0.15) is 0 Å². The molecular formula is C13H18N2OS2. The van der Waals surface area contributed by atoms with Crippen LogP contribution in [0.4, 0.5) is 0 Å². The second-order valence-corrected chi connectivity index (χ2v) is 6.24. The van der Waals surface area contributed by atoms with Gasteiger partial charge in [0.05, 0.1) is 16.9 Å². The molecule has 0 saturated heterocycles. The summed E-state index contributed by atoms with van der Waals surface area (Å²) in [6.07, 6.45) is 4.81. The Morgan fingerprint density at radius 2 is 2.17 bits per heavy atom. The third-order valence-electron chi connectivity index (χ3n) is 3.62. The average Bonchev–Trinajstić information content (AvgIpc) is 2.89. The maximum absolute atomic E-state index is 12.4. The first kappa shape index (κ1) is 13.5. The molecule has 0 radical (unpaired) electrons. The van der Waals surface area contributed by atoms with Crippen LogP contribution in [-0.2, 0) is 11.3 Å². The SMILES string of the molecule is NC(=S)C1(C(=O)NCc2cccs2)CCCCC1. The lowest BCUT2D eigenvalue weighted by Gasteiger charge is -2.34. The molecular weight excluding hydrogens is 264 g/mol. The summed E-state index contributed by atoms with van der Waals surface area (Å²) < 4.78 is 0. The fraction of sp³-hybridized carbons (Fsp3) is 0.538. The highest BCUT2D eigenvalue weighted by Gasteiger charge is 2.42. The molecule has 3 N–H and O–H groups in total. The molecule has 1 amide bonds. The molecule has 0 unspecified atom stereocenters. The fourth-order valence-electron chi connectivity index (χ4n) is 2.49. The van der Waals surface area contributed by atoms with E-state index in [4.69, 9.17) is 18.0 Å². The van der Waals surface area contributed by atoms with Gasteiger partial charge in [-0.25, -0.2) is 0 Å². The van der Waals surface area contributed by atoms with Crippen LogP contribution in [0.1, 0.15) is 37.0 Å². The molecule has 1 aromatic heterocycles. The molecule has 1 aromatic rings. The van der Waals surface area contributed by atoms with Crippen LogP contribution >= 0.6 is 23.6 Å². The molecule has 2 rings (SSSR count). The van der Waals surface area contributed by atoms with Crippen LogP contribution in [0.15, 0.2) is 17.5 Å². The molecule has 1 fully saturated rings. The molecule has 1 aliphatic carbocycles. The Labute approximate surface area is 117 Å². The Hall–Kier alpha value is -0.940. The lowest BCUT2D eigenvalue weighted by Crippen LogP contribution is -2.49. The minimum atomic E-state index is -0.606. The highest BCUT2D eigenvalue weighted by molar-refractivity contribution is 7.80. The van der Waals surface area contributed by atoms with E-state index in [2.05, 4.69) is 5.32 Å². The summed E-state index contributed by atoms with van der Waals surface area (Å²) in [5.41, 5.74) is 5.22. The highest BCUT2D eigenvalue weighted by Crippen LogP contribution is 2.37. The van der Waals surface area contributed by atoms with Crippen LogP contribution in [0.2, 0.25) is 0 Å². The van der Waals surface area contributed by atoms with Crippen molar-refractivity contribution in [3.05, 3.63) is 22.4 Å². The number of nitrogens with one attached hydrogen (secondary N) is 1. The Kier molecular flexibility index (Phi) is 4.35. The number of thiophene rings is 1. The first-order valence-corrected chi connectivity index (χ1v) is 7.54. The van der Waals surface area contributed by atoms with E-state index in [9.17, 15) is 4.79 Å². The second-order valence-electron chi connectivity index (χ2n) is 4.77. The molecule has 98 valence electrons. The van der Waals surface area contributed by atoms with Crippen molar-refractivity contribution in [2.45, 2.75) is 38.6 Å². The third kappa shape index (κ3) is 2.72. The van der Waals surface area contributed by atoms with Gasteiger partial charge in [0.25, 0.3) is 0 Å². The van der Waals surface area contributed by atoms with Crippen LogP contribution in [0, 0.1) is 5.41 Å². The Bertz CT molecular complexity index is 422. The highest BCUT2D eigenvalue weighted by atomic mass is 32.1. The Balaban J connectivity index is 2.02. The lowest BCUT2D eigenvalue weighted by molar-refractivity contribution is -0.129. The van der Waals surface area contributed by atoms with Crippen molar-refractivity contribution in [1.82, 2.24) is 5.32 Å². The third-order valence-corrected chi connectivity index (χ3v) is 4.88. The fourth-order valence-corrected chi connectivity index (χ4v) is 3.43. The Morgan fingerprint density at radius 3 is 2.72 bits per heavy atom. The van der Waals surface area contributed by atoms with Crippen LogP contribution in [-0.4, -0.2) is 10.9 Å². The average molecular weight is 282 g/mol. The van der Waals surface area contributed by atoms with Crippen molar-refractivity contribution in [3.63, 3.8) is 0 Å². The van der Waals surface area contributed by atoms with Gasteiger partial charge in [0.15, 0.2) is 0 Å². The zero-order chi connectivity index (χ0) is 13.0. The molecule has 1 aliphatic rings. The summed E-state index contributed by atoms with van der Waals surface area (Å²) in [4.78, 5) is 13.9. The lowest BCUT2D eigenvalue weighted by atomic mass is 9.73. The van der Waals surface area contributed by atoms with Crippen molar-refractivity contribution in [2.24, 2.45) is 11.1 Å². The number of hydrogen-bond donors (Lipinski definition) is 2. The first-order chi connectivity index (χ1) is 8.65. The van der Waals surface area contributed by atoms with Crippen molar-refractivity contribution in [1.29, 1.82) is 0 Å². The van der Waals surface area contributed by atoms with Crippen LogP contribution in [0.5, 0.6) is 0 Å². The number of hydrogen-bond acceptors (Lipinski definition) is 3. The maximum atomic E-state index is 12.4. The number of carbonyl (C=O) groups is 1. The van der Waals surface area contributed by atoms with Gasteiger partial charge >= 0.3 is 0 Å². The molecule has 0 spiro atoms. The van der Waals surface area contributed by atoms with Crippen LogP contribution in [0.3, 0.4) is 0 Å². The summed E-state index contributed by atoms with van der Waals surface area (Å²) in [7, 11) is 0. The molecule has 0 atom stereocenters. The van der Waals surface area contributed by atoms with Gasteiger partial charge in [0.1, 0.15) is 0 Å². The van der Waals surface area contributed by atoms with E-state index in [1.165, 1.54) is 6.42 Å². The molecule has 5 heteroatoms. The predicted octanol–water partition coefficient (Wildman–Crippen LogP) is 2.60. The zero-order valence-corrected chi connectivity index (χ0v) is 11.9. The first-order valence-electron chi connectivity index (χ1n) is 6.26. The van der Waals surface area contributed by atoms with E-state index in [0.717, 1.165) is 30.6 Å². The molecule has 1 saturated carbocycles. The van der Waals surface area contributed by atoms with Gasteiger partial charge in [0.2, 0.25) is 5.91 Å². The van der Waals surface area contributed by atoms with Gasteiger partial charge in [-0.3, -0.25) is 4.79 Å². The summed E-state index contributed by atoms with van der Waals surface area (Å²) in [5.74, 6) is 0.00287. The topological polar surface area (TPSA) is 55.1 Å². The summed E-state index contributed by atoms with van der Waals surface area (Å²) in [6.45, 7) is 0.570. The molecule has 0 aromatic carbocycles. The summed E-state index contributed by atoms with van der Waals surface area (Å²) >= 11 is 6.78. The van der Waals surface area contributed by atoms with Gasteiger partial charge in [-0.1, -0.05) is 37.5 Å². The maximum Gasteiger partial charge on any atom is 0.233 e. The normalized spacial score (nSPS) is 18.2. The largest absolute Gasteiger partial charge is 0.392 e. The smallest absolute Gasteiger partial charge is 0.233 e. The van der Waals surface area contributed by atoms with Gasteiger partial charge in [0, 0.05) is 4.88 Å². The molecule has 0 bridgehead atoms. The second kappa shape index (κ2) is 5.80. The zero-order valence-electron chi connectivity index (χ0n) is 10.3. The quantitative estimate of drug-likeness (QED) is 0.835. The number of thiocarbonyl (C=S) groups is 1. The van der Waals surface area contributed by atoms with Crippen molar-refractivity contribution in [2.75, 3.05) is 0 Å². The van der Waals surface area contributed by atoms with Crippen LogP contribution < -0.4 is 11.1 Å². The van der Waals surface area contributed by atoms with Crippen molar-refractivity contribution < 1.29 is 4.79 Å². The minimum Gasteiger partial charge on any atom is -0.392 e. The van der Waals surface area contributed by atoms with E-state index in [0.29, 0.717) is 11.5 Å². The monoisotopic (exact) mass is 282 g/mol. The molecule has 0 aliphatic heterocycles.